The SMILES string of the molecule is CC(=O)Oc1cccc(C(=O)Nc2cnc(CF)s2)c1. The van der Waals surface area contributed by atoms with Gasteiger partial charge in [0.05, 0.1) is 6.20 Å². The normalized spacial score (nSPS) is 10.1. The molecule has 0 aliphatic heterocycles. The van der Waals surface area contributed by atoms with Crippen molar-refractivity contribution < 1.29 is 18.7 Å². The molecular weight excluding hydrogens is 283 g/mol. The summed E-state index contributed by atoms with van der Waals surface area (Å²) in [6.45, 7) is 0.616. The van der Waals surface area contributed by atoms with E-state index in [4.69, 9.17) is 4.74 Å². The Kier molecular flexibility index (Phi) is 4.41. The molecule has 104 valence electrons. The van der Waals surface area contributed by atoms with Gasteiger partial charge in [-0.15, -0.1) is 0 Å². The molecule has 0 aliphatic rings. The van der Waals surface area contributed by atoms with Crippen molar-refractivity contribution in [2.75, 3.05) is 5.32 Å². The molecule has 2 aromatic rings. The number of thiazole rings is 1. The van der Waals surface area contributed by atoms with E-state index in [1.165, 1.54) is 19.2 Å². The Labute approximate surface area is 118 Å². The summed E-state index contributed by atoms with van der Waals surface area (Å²) in [5.74, 6) is -0.551. The summed E-state index contributed by atoms with van der Waals surface area (Å²) in [6, 6.07) is 6.21. The number of rotatable bonds is 4. The van der Waals surface area contributed by atoms with Crippen LogP contribution in [0, 0.1) is 0 Å². The number of ether oxygens (including phenoxy) is 1. The lowest BCUT2D eigenvalue weighted by molar-refractivity contribution is -0.131. The average Bonchev–Trinajstić information content (AvgIpc) is 2.86. The van der Waals surface area contributed by atoms with Crippen molar-refractivity contribution >= 4 is 28.2 Å². The van der Waals surface area contributed by atoms with Gasteiger partial charge in [-0.3, -0.25) is 9.59 Å². The van der Waals surface area contributed by atoms with Gasteiger partial charge in [-0.1, -0.05) is 17.4 Å². The summed E-state index contributed by atoms with van der Waals surface area (Å²) >= 11 is 1.07. The standard InChI is InChI=1S/C13H11FN2O3S/c1-8(17)19-10-4-2-3-9(5-10)13(18)16-12-7-15-11(6-14)20-12/h2-5,7H,6H2,1H3,(H,16,18). The molecule has 20 heavy (non-hydrogen) atoms. The van der Waals surface area contributed by atoms with Gasteiger partial charge in [0.25, 0.3) is 5.91 Å². The lowest BCUT2D eigenvalue weighted by Crippen LogP contribution is -2.11. The summed E-state index contributed by atoms with van der Waals surface area (Å²) < 4.78 is 17.3. The molecular formula is C13H11FN2O3S. The number of alkyl halides is 1. The van der Waals surface area contributed by atoms with Crippen molar-refractivity contribution in [3.63, 3.8) is 0 Å². The van der Waals surface area contributed by atoms with Crippen LogP contribution in [0.25, 0.3) is 0 Å². The van der Waals surface area contributed by atoms with Crippen LogP contribution >= 0.6 is 11.3 Å². The van der Waals surface area contributed by atoms with Gasteiger partial charge in [0.2, 0.25) is 0 Å². The molecule has 0 fully saturated rings. The number of anilines is 1. The maximum Gasteiger partial charge on any atom is 0.308 e. The molecule has 0 saturated heterocycles. The molecule has 1 heterocycles. The molecule has 0 unspecified atom stereocenters. The molecule has 0 atom stereocenters. The second-order valence-electron chi connectivity index (χ2n) is 3.83. The highest BCUT2D eigenvalue weighted by molar-refractivity contribution is 7.15. The predicted molar refractivity (Wildman–Crippen MR) is 72.6 cm³/mol. The van der Waals surface area contributed by atoms with Crippen LogP contribution < -0.4 is 10.1 Å². The first kappa shape index (κ1) is 14.1. The second kappa shape index (κ2) is 6.25. The fourth-order valence-corrected chi connectivity index (χ4v) is 2.14. The van der Waals surface area contributed by atoms with E-state index in [-0.39, 0.29) is 5.91 Å². The Balaban J connectivity index is 2.10. The number of esters is 1. The Morgan fingerprint density at radius 1 is 1.45 bits per heavy atom. The molecule has 0 saturated carbocycles. The first-order chi connectivity index (χ1) is 9.58. The number of amides is 1. The van der Waals surface area contributed by atoms with Crippen LogP contribution in [0.5, 0.6) is 5.75 Å². The van der Waals surface area contributed by atoms with Crippen LogP contribution in [0.15, 0.2) is 30.5 Å². The molecule has 0 radical (unpaired) electrons. The highest BCUT2D eigenvalue weighted by atomic mass is 32.1. The summed E-state index contributed by atoms with van der Waals surface area (Å²) in [6.07, 6.45) is 1.40. The first-order valence-electron chi connectivity index (χ1n) is 5.69. The molecule has 1 aromatic carbocycles. The number of aromatic nitrogens is 1. The number of nitrogens with one attached hydrogen (secondary N) is 1. The first-order valence-corrected chi connectivity index (χ1v) is 6.50. The number of carbonyl (C=O) groups excluding carboxylic acids is 2. The van der Waals surface area contributed by atoms with E-state index in [0.717, 1.165) is 11.3 Å². The Hall–Kier alpha value is -2.28. The van der Waals surface area contributed by atoms with Gasteiger partial charge in [0, 0.05) is 12.5 Å². The summed E-state index contributed by atoms with van der Waals surface area (Å²) in [4.78, 5) is 26.6. The van der Waals surface area contributed by atoms with Gasteiger partial charge >= 0.3 is 5.97 Å². The van der Waals surface area contributed by atoms with Crippen LogP contribution in [0.4, 0.5) is 9.39 Å². The fraction of sp³-hybridized carbons (Fsp3) is 0.154. The van der Waals surface area contributed by atoms with Gasteiger partial charge in [0.1, 0.15) is 22.4 Å². The number of hydrogen-bond donors (Lipinski definition) is 1. The lowest BCUT2D eigenvalue weighted by Gasteiger charge is -2.05. The summed E-state index contributed by atoms with van der Waals surface area (Å²) in [5, 5.41) is 3.36. The highest BCUT2D eigenvalue weighted by Gasteiger charge is 2.10. The van der Waals surface area contributed by atoms with Crippen molar-refractivity contribution in [3.8, 4) is 5.75 Å². The lowest BCUT2D eigenvalue weighted by atomic mass is 10.2. The predicted octanol–water partition coefficient (Wildman–Crippen LogP) is 2.79. The Morgan fingerprint density at radius 2 is 2.25 bits per heavy atom. The van der Waals surface area contributed by atoms with Crippen molar-refractivity contribution in [2.24, 2.45) is 0 Å². The van der Waals surface area contributed by atoms with Gasteiger partial charge in [-0.25, -0.2) is 9.37 Å². The maximum absolute atomic E-state index is 12.4. The minimum absolute atomic E-state index is 0.291. The molecule has 1 aromatic heterocycles. The smallest absolute Gasteiger partial charge is 0.308 e. The number of halogens is 1. The number of nitrogens with zero attached hydrogens (tertiary/aromatic N) is 1. The molecule has 0 aliphatic carbocycles. The highest BCUT2D eigenvalue weighted by Crippen LogP contribution is 2.21. The zero-order valence-corrected chi connectivity index (χ0v) is 11.4. The van der Waals surface area contributed by atoms with E-state index in [9.17, 15) is 14.0 Å². The topological polar surface area (TPSA) is 68.3 Å². The van der Waals surface area contributed by atoms with Crippen LogP contribution in [0.3, 0.4) is 0 Å². The van der Waals surface area contributed by atoms with Crippen molar-refractivity contribution in [3.05, 3.63) is 41.0 Å². The monoisotopic (exact) mass is 294 g/mol. The van der Waals surface area contributed by atoms with Crippen LogP contribution in [0.1, 0.15) is 22.3 Å². The minimum atomic E-state index is -0.664. The summed E-state index contributed by atoms with van der Waals surface area (Å²) in [5.41, 5.74) is 0.332. The third-order valence-electron chi connectivity index (χ3n) is 2.26. The number of carbonyl (C=O) groups is 2. The molecule has 5 nitrogen and oxygen atoms in total. The van der Waals surface area contributed by atoms with E-state index in [2.05, 4.69) is 10.3 Å². The second-order valence-corrected chi connectivity index (χ2v) is 4.94. The third-order valence-corrected chi connectivity index (χ3v) is 3.14. The Bertz CT molecular complexity index is 642. The number of benzene rings is 1. The molecule has 2 rings (SSSR count). The van der Waals surface area contributed by atoms with Crippen LogP contribution in [0.2, 0.25) is 0 Å². The van der Waals surface area contributed by atoms with E-state index >= 15 is 0 Å². The third kappa shape index (κ3) is 3.61. The molecule has 7 heteroatoms. The molecule has 0 bridgehead atoms. The van der Waals surface area contributed by atoms with Gasteiger partial charge in [-0.05, 0) is 18.2 Å². The van der Waals surface area contributed by atoms with E-state index < -0.39 is 12.6 Å². The zero-order valence-electron chi connectivity index (χ0n) is 10.6. The van der Waals surface area contributed by atoms with Crippen molar-refractivity contribution in [1.82, 2.24) is 4.98 Å². The van der Waals surface area contributed by atoms with Crippen LogP contribution in [-0.4, -0.2) is 16.9 Å². The number of hydrogen-bond acceptors (Lipinski definition) is 5. The Morgan fingerprint density at radius 3 is 2.90 bits per heavy atom. The van der Waals surface area contributed by atoms with Crippen LogP contribution in [-0.2, 0) is 11.5 Å². The van der Waals surface area contributed by atoms with Crippen molar-refractivity contribution in [2.45, 2.75) is 13.6 Å². The average molecular weight is 294 g/mol. The largest absolute Gasteiger partial charge is 0.427 e. The fourth-order valence-electron chi connectivity index (χ4n) is 1.48. The van der Waals surface area contributed by atoms with E-state index in [1.54, 1.807) is 18.2 Å². The van der Waals surface area contributed by atoms with E-state index in [1.807, 2.05) is 0 Å². The van der Waals surface area contributed by atoms with Crippen molar-refractivity contribution in [1.29, 1.82) is 0 Å². The molecule has 1 N–H and O–H groups in total. The van der Waals surface area contributed by atoms with Gasteiger partial charge < -0.3 is 10.1 Å². The molecule has 1 amide bonds. The zero-order chi connectivity index (χ0) is 14.5. The quantitative estimate of drug-likeness (QED) is 0.695. The van der Waals surface area contributed by atoms with E-state index in [0.29, 0.717) is 21.3 Å². The maximum atomic E-state index is 12.4. The minimum Gasteiger partial charge on any atom is -0.427 e. The van der Waals surface area contributed by atoms with Gasteiger partial charge in [-0.2, -0.15) is 0 Å². The molecule has 0 spiro atoms. The van der Waals surface area contributed by atoms with Gasteiger partial charge in [0.15, 0.2) is 0 Å². The summed E-state index contributed by atoms with van der Waals surface area (Å²) in [7, 11) is 0.